The second-order valence-electron chi connectivity index (χ2n) is 4.37. The highest BCUT2D eigenvalue weighted by atomic mass is 16.4. The Morgan fingerprint density at radius 1 is 1.20 bits per heavy atom. The zero-order chi connectivity index (χ0) is 14.1. The summed E-state index contributed by atoms with van der Waals surface area (Å²) in [6.07, 6.45) is 1.83. The number of hydrogen-bond acceptors (Lipinski definition) is 4. The fourth-order valence-corrected chi connectivity index (χ4v) is 2.02. The highest BCUT2D eigenvalue weighted by molar-refractivity contribution is 6.02. The van der Waals surface area contributed by atoms with Gasteiger partial charge < -0.3 is 10.4 Å². The summed E-state index contributed by atoms with van der Waals surface area (Å²) in [5.41, 5.74) is 0.880. The molecule has 2 heterocycles. The van der Waals surface area contributed by atoms with E-state index < -0.39 is 5.97 Å². The monoisotopic (exact) mass is 268 g/mol. The lowest BCUT2D eigenvalue weighted by Gasteiger charge is -2.05. The van der Waals surface area contributed by atoms with E-state index in [1.54, 1.807) is 35.0 Å². The number of carboxylic acid groups (broad SMARTS) is 1. The molecule has 0 spiro atoms. The lowest BCUT2D eigenvalue weighted by Crippen LogP contribution is -2.00. The predicted molar refractivity (Wildman–Crippen MR) is 75.2 cm³/mol. The summed E-state index contributed by atoms with van der Waals surface area (Å²) in [5.74, 6) is 0.357. The fourth-order valence-electron chi connectivity index (χ4n) is 2.02. The molecule has 0 unspecified atom stereocenters. The maximum atomic E-state index is 11.1. The maximum Gasteiger partial charge on any atom is 0.336 e. The van der Waals surface area contributed by atoms with Gasteiger partial charge in [0.2, 0.25) is 0 Å². The number of pyridine rings is 1. The molecule has 100 valence electrons. The van der Waals surface area contributed by atoms with E-state index in [-0.39, 0.29) is 5.56 Å². The summed E-state index contributed by atoms with van der Waals surface area (Å²) in [6, 6.07) is 10.4. The third-order valence-corrected chi connectivity index (χ3v) is 2.93. The molecule has 0 bridgehead atoms. The summed E-state index contributed by atoms with van der Waals surface area (Å²) in [4.78, 5) is 15.5. The number of nitrogens with one attached hydrogen (secondary N) is 1. The van der Waals surface area contributed by atoms with E-state index in [4.69, 9.17) is 5.11 Å². The van der Waals surface area contributed by atoms with E-state index in [2.05, 4.69) is 15.4 Å². The Kier molecular flexibility index (Phi) is 2.83. The van der Waals surface area contributed by atoms with Crippen LogP contribution in [0.2, 0.25) is 0 Å². The second-order valence-corrected chi connectivity index (χ2v) is 4.37. The number of aromatic nitrogens is 3. The Morgan fingerprint density at radius 3 is 2.75 bits per heavy atom. The van der Waals surface area contributed by atoms with E-state index >= 15 is 0 Å². The lowest BCUT2D eigenvalue weighted by molar-refractivity contribution is 0.0699. The second kappa shape index (κ2) is 4.65. The average Bonchev–Trinajstić information content (AvgIpc) is 2.83. The van der Waals surface area contributed by atoms with E-state index in [0.717, 1.165) is 0 Å². The molecule has 0 fully saturated rings. The summed E-state index contributed by atoms with van der Waals surface area (Å²) in [7, 11) is 1.83. The van der Waals surface area contributed by atoms with Crippen LogP contribution in [0.15, 0.2) is 42.6 Å². The first-order valence-electron chi connectivity index (χ1n) is 6.03. The smallest absolute Gasteiger partial charge is 0.336 e. The number of hydrogen-bond donors (Lipinski definition) is 2. The van der Waals surface area contributed by atoms with Crippen LogP contribution in [0.3, 0.4) is 0 Å². The van der Waals surface area contributed by atoms with Gasteiger partial charge in [0.1, 0.15) is 5.82 Å². The minimum Gasteiger partial charge on any atom is -0.478 e. The summed E-state index contributed by atoms with van der Waals surface area (Å²) in [6.45, 7) is 0. The Hall–Kier alpha value is -2.89. The van der Waals surface area contributed by atoms with Crippen molar-refractivity contribution in [3.63, 3.8) is 0 Å². The Bertz CT molecular complexity index is 795. The van der Waals surface area contributed by atoms with Crippen molar-refractivity contribution < 1.29 is 9.90 Å². The van der Waals surface area contributed by atoms with Gasteiger partial charge in [0.25, 0.3) is 0 Å². The molecule has 0 aliphatic heterocycles. The zero-order valence-electron chi connectivity index (χ0n) is 10.7. The molecule has 2 aromatic heterocycles. The van der Waals surface area contributed by atoms with Gasteiger partial charge in [-0.1, -0.05) is 6.07 Å². The van der Waals surface area contributed by atoms with Gasteiger partial charge in [-0.15, -0.1) is 0 Å². The van der Waals surface area contributed by atoms with Gasteiger partial charge in [-0.2, -0.15) is 5.10 Å². The van der Waals surface area contributed by atoms with Gasteiger partial charge in [-0.3, -0.25) is 4.68 Å². The van der Waals surface area contributed by atoms with Crippen LogP contribution in [-0.4, -0.2) is 25.8 Å². The number of carboxylic acids is 1. The molecule has 0 aliphatic carbocycles. The van der Waals surface area contributed by atoms with Gasteiger partial charge >= 0.3 is 5.97 Å². The highest BCUT2D eigenvalue weighted by Crippen LogP contribution is 2.21. The van der Waals surface area contributed by atoms with E-state index in [0.29, 0.717) is 22.5 Å². The number of benzene rings is 1. The number of fused-ring (bicyclic) bond motifs is 1. The van der Waals surface area contributed by atoms with Crippen molar-refractivity contribution >= 4 is 28.5 Å². The van der Waals surface area contributed by atoms with Crippen molar-refractivity contribution in [2.24, 2.45) is 7.05 Å². The standard InChI is InChI=1S/C14H12N4O2/c1-18-8-7-13(17-18)16-12-6-5-9-10(14(19)20)3-2-4-11(9)15-12/h2-8H,1H3,(H,19,20)(H,15,16,17). The van der Waals surface area contributed by atoms with Crippen molar-refractivity contribution in [3.05, 3.63) is 48.2 Å². The van der Waals surface area contributed by atoms with E-state index in [1.807, 2.05) is 19.3 Å². The molecule has 6 nitrogen and oxygen atoms in total. The Morgan fingerprint density at radius 2 is 2.05 bits per heavy atom. The molecule has 0 radical (unpaired) electrons. The molecule has 3 aromatic rings. The SMILES string of the molecule is Cn1ccc(Nc2ccc3c(C(=O)O)cccc3n2)n1. The van der Waals surface area contributed by atoms with Crippen LogP contribution >= 0.6 is 0 Å². The summed E-state index contributed by atoms with van der Waals surface area (Å²) in [5, 5.41) is 17.0. The van der Waals surface area contributed by atoms with Crippen LogP contribution < -0.4 is 5.32 Å². The van der Waals surface area contributed by atoms with Gasteiger partial charge in [0.15, 0.2) is 5.82 Å². The van der Waals surface area contributed by atoms with E-state index in [1.165, 1.54) is 0 Å². The third-order valence-electron chi connectivity index (χ3n) is 2.93. The van der Waals surface area contributed by atoms with Gasteiger partial charge in [0.05, 0.1) is 11.1 Å². The number of aryl methyl sites for hydroxylation is 1. The molecule has 3 rings (SSSR count). The molecular weight excluding hydrogens is 256 g/mol. The molecular formula is C14H12N4O2. The summed E-state index contributed by atoms with van der Waals surface area (Å²) < 4.78 is 1.69. The van der Waals surface area contributed by atoms with E-state index in [9.17, 15) is 4.79 Å². The van der Waals surface area contributed by atoms with Crippen LogP contribution in [0.1, 0.15) is 10.4 Å². The average molecular weight is 268 g/mol. The first-order chi connectivity index (χ1) is 9.63. The molecule has 0 aliphatic rings. The zero-order valence-corrected chi connectivity index (χ0v) is 10.7. The predicted octanol–water partition coefficient (Wildman–Crippen LogP) is 2.41. The lowest BCUT2D eigenvalue weighted by atomic mass is 10.1. The van der Waals surface area contributed by atoms with Crippen LogP contribution in [0.25, 0.3) is 10.9 Å². The van der Waals surface area contributed by atoms with Crippen LogP contribution in [0.4, 0.5) is 11.6 Å². The molecule has 6 heteroatoms. The van der Waals surface area contributed by atoms with Crippen molar-refractivity contribution in [1.29, 1.82) is 0 Å². The van der Waals surface area contributed by atoms with Crippen LogP contribution in [0.5, 0.6) is 0 Å². The summed E-state index contributed by atoms with van der Waals surface area (Å²) >= 11 is 0. The van der Waals surface area contributed by atoms with Gasteiger partial charge in [-0.25, -0.2) is 9.78 Å². The molecule has 0 amide bonds. The number of anilines is 2. The molecule has 20 heavy (non-hydrogen) atoms. The Labute approximate surface area is 114 Å². The molecule has 1 aromatic carbocycles. The minimum atomic E-state index is -0.956. The van der Waals surface area contributed by atoms with Crippen molar-refractivity contribution in [3.8, 4) is 0 Å². The normalized spacial score (nSPS) is 10.7. The van der Waals surface area contributed by atoms with Gasteiger partial charge in [-0.05, 0) is 24.3 Å². The van der Waals surface area contributed by atoms with Crippen molar-refractivity contribution in [1.82, 2.24) is 14.8 Å². The quantitative estimate of drug-likeness (QED) is 0.762. The Balaban J connectivity index is 2.01. The highest BCUT2D eigenvalue weighted by Gasteiger charge is 2.09. The van der Waals surface area contributed by atoms with Crippen molar-refractivity contribution in [2.45, 2.75) is 0 Å². The molecule has 0 saturated heterocycles. The number of rotatable bonds is 3. The topological polar surface area (TPSA) is 80.0 Å². The fraction of sp³-hybridized carbons (Fsp3) is 0.0714. The largest absolute Gasteiger partial charge is 0.478 e. The molecule has 2 N–H and O–H groups in total. The number of nitrogens with zero attached hydrogens (tertiary/aromatic N) is 3. The molecule has 0 atom stereocenters. The first kappa shape index (κ1) is 12.2. The number of aromatic carboxylic acids is 1. The first-order valence-corrected chi connectivity index (χ1v) is 6.03. The van der Waals surface area contributed by atoms with Crippen molar-refractivity contribution in [2.75, 3.05) is 5.32 Å². The maximum absolute atomic E-state index is 11.1. The minimum absolute atomic E-state index is 0.249. The molecule has 0 saturated carbocycles. The van der Waals surface area contributed by atoms with Gasteiger partial charge in [0, 0.05) is 24.7 Å². The van der Waals surface area contributed by atoms with Crippen LogP contribution in [-0.2, 0) is 7.05 Å². The van der Waals surface area contributed by atoms with Crippen LogP contribution in [0, 0.1) is 0 Å². The number of carbonyl (C=O) groups is 1. The third kappa shape index (κ3) is 2.18.